The van der Waals surface area contributed by atoms with Crippen molar-refractivity contribution in [1.82, 2.24) is 5.32 Å². The fourth-order valence-electron chi connectivity index (χ4n) is 3.00. The molecule has 2 aliphatic rings. The number of ether oxygens (including phenoxy) is 1. The van der Waals surface area contributed by atoms with Crippen LogP contribution >= 0.6 is 0 Å². The van der Waals surface area contributed by atoms with Gasteiger partial charge >= 0.3 is 0 Å². The molecule has 0 aromatic rings. The van der Waals surface area contributed by atoms with Crippen LogP contribution in [-0.2, 0) is 4.74 Å². The fourth-order valence-corrected chi connectivity index (χ4v) is 3.00. The van der Waals surface area contributed by atoms with Gasteiger partial charge in [0, 0.05) is 19.7 Å². The Morgan fingerprint density at radius 1 is 1.25 bits per heavy atom. The van der Waals surface area contributed by atoms with Crippen LogP contribution in [-0.4, -0.2) is 26.3 Å². The second kappa shape index (κ2) is 5.50. The predicted molar refractivity (Wildman–Crippen MR) is 67.6 cm³/mol. The maximum Gasteiger partial charge on any atom is 0.0618 e. The monoisotopic (exact) mass is 225 g/mol. The standard InChI is InChI=1S/C14H27NO/c1-14(8-4-3-5-9-14)11-15-13(10-16-2)12-6-7-12/h12-13,15H,3-11H2,1-2H3. The summed E-state index contributed by atoms with van der Waals surface area (Å²) in [5.41, 5.74) is 0.555. The van der Waals surface area contributed by atoms with Crippen molar-refractivity contribution in [3.05, 3.63) is 0 Å². The Balaban J connectivity index is 1.75. The molecule has 0 bridgehead atoms. The first-order chi connectivity index (χ1) is 7.73. The number of hydrogen-bond acceptors (Lipinski definition) is 2. The minimum Gasteiger partial charge on any atom is -0.383 e. The molecule has 2 heteroatoms. The normalized spacial score (nSPS) is 26.6. The van der Waals surface area contributed by atoms with E-state index in [0.717, 1.165) is 12.5 Å². The molecule has 2 nitrogen and oxygen atoms in total. The highest BCUT2D eigenvalue weighted by molar-refractivity contribution is 4.89. The SMILES string of the molecule is COCC(NCC1(C)CCCCC1)C1CC1. The molecule has 0 saturated heterocycles. The van der Waals surface area contributed by atoms with Gasteiger partial charge in [0.25, 0.3) is 0 Å². The second-order valence-corrected chi connectivity index (χ2v) is 6.15. The third-order valence-electron chi connectivity index (χ3n) is 4.39. The van der Waals surface area contributed by atoms with Gasteiger partial charge in [0.15, 0.2) is 0 Å². The minimum absolute atomic E-state index is 0.555. The molecular weight excluding hydrogens is 198 g/mol. The van der Waals surface area contributed by atoms with E-state index in [4.69, 9.17) is 4.74 Å². The van der Waals surface area contributed by atoms with Crippen molar-refractivity contribution in [3.63, 3.8) is 0 Å². The molecule has 0 heterocycles. The smallest absolute Gasteiger partial charge is 0.0618 e. The number of hydrogen-bond donors (Lipinski definition) is 1. The number of methoxy groups -OCH3 is 1. The lowest BCUT2D eigenvalue weighted by Crippen LogP contribution is -2.42. The average molecular weight is 225 g/mol. The lowest BCUT2D eigenvalue weighted by Gasteiger charge is -2.35. The average Bonchev–Trinajstić information content (AvgIpc) is 3.09. The molecule has 94 valence electrons. The van der Waals surface area contributed by atoms with Crippen LogP contribution in [0.2, 0.25) is 0 Å². The molecule has 0 aromatic heterocycles. The largest absolute Gasteiger partial charge is 0.383 e. The van der Waals surface area contributed by atoms with Crippen molar-refractivity contribution in [3.8, 4) is 0 Å². The summed E-state index contributed by atoms with van der Waals surface area (Å²) in [6.45, 7) is 4.54. The van der Waals surface area contributed by atoms with E-state index in [0.29, 0.717) is 11.5 Å². The van der Waals surface area contributed by atoms with Crippen LogP contribution in [0.3, 0.4) is 0 Å². The molecule has 16 heavy (non-hydrogen) atoms. The molecule has 1 unspecified atom stereocenters. The lowest BCUT2D eigenvalue weighted by atomic mass is 9.75. The Labute approximate surface area is 100 Å². The van der Waals surface area contributed by atoms with Crippen molar-refractivity contribution in [2.75, 3.05) is 20.3 Å². The summed E-state index contributed by atoms with van der Waals surface area (Å²) in [5.74, 6) is 0.896. The minimum atomic E-state index is 0.555. The van der Waals surface area contributed by atoms with Crippen LogP contribution in [0.1, 0.15) is 51.9 Å². The molecule has 0 aromatic carbocycles. The second-order valence-electron chi connectivity index (χ2n) is 6.15. The molecule has 0 radical (unpaired) electrons. The van der Waals surface area contributed by atoms with Gasteiger partial charge in [0.1, 0.15) is 0 Å². The maximum absolute atomic E-state index is 5.32. The summed E-state index contributed by atoms with van der Waals surface area (Å²) >= 11 is 0. The first-order valence-corrected chi connectivity index (χ1v) is 6.96. The van der Waals surface area contributed by atoms with Gasteiger partial charge in [-0.3, -0.25) is 0 Å². The van der Waals surface area contributed by atoms with E-state index in [1.165, 1.54) is 51.5 Å². The molecule has 0 aliphatic heterocycles. The van der Waals surface area contributed by atoms with Crippen LogP contribution in [0.5, 0.6) is 0 Å². The lowest BCUT2D eigenvalue weighted by molar-refractivity contribution is 0.137. The maximum atomic E-state index is 5.32. The van der Waals surface area contributed by atoms with Gasteiger partial charge < -0.3 is 10.1 Å². The van der Waals surface area contributed by atoms with E-state index in [1.807, 2.05) is 7.11 Å². The van der Waals surface area contributed by atoms with Crippen molar-refractivity contribution < 1.29 is 4.74 Å². The summed E-state index contributed by atoms with van der Waals surface area (Å²) in [7, 11) is 1.82. The summed E-state index contributed by atoms with van der Waals surface area (Å²) < 4.78 is 5.32. The Bertz CT molecular complexity index is 207. The van der Waals surface area contributed by atoms with E-state index in [-0.39, 0.29) is 0 Å². The highest BCUT2D eigenvalue weighted by Gasteiger charge is 2.33. The van der Waals surface area contributed by atoms with Crippen molar-refractivity contribution >= 4 is 0 Å². The van der Waals surface area contributed by atoms with E-state index >= 15 is 0 Å². The summed E-state index contributed by atoms with van der Waals surface area (Å²) in [6, 6.07) is 0.615. The highest BCUT2D eigenvalue weighted by atomic mass is 16.5. The summed E-state index contributed by atoms with van der Waals surface area (Å²) in [6.07, 6.45) is 9.91. The first kappa shape index (κ1) is 12.4. The summed E-state index contributed by atoms with van der Waals surface area (Å²) in [4.78, 5) is 0. The van der Waals surface area contributed by atoms with Gasteiger partial charge in [-0.15, -0.1) is 0 Å². The topological polar surface area (TPSA) is 21.3 Å². The molecular formula is C14H27NO. The quantitative estimate of drug-likeness (QED) is 0.750. The van der Waals surface area contributed by atoms with Crippen molar-refractivity contribution in [2.24, 2.45) is 11.3 Å². The Hall–Kier alpha value is -0.0800. The zero-order valence-corrected chi connectivity index (χ0v) is 10.9. The van der Waals surface area contributed by atoms with Crippen LogP contribution in [0.15, 0.2) is 0 Å². The Morgan fingerprint density at radius 2 is 1.94 bits per heavy atom. The molecule has 2 saturated carbocycles. The van der Waals surface area contributed by atoms with E-state index in [2.05, 4.69) is 12.2 Å². The fraction of sp³-hybridized carbons (Fsp3) is 1.00. The Morgan fingerprint density at radius 3 is 2.50 bits per heavy atom. The van der Waals surface area contributed by atoms with Crippen LogP contribution < -0.4 is 5.32 Å². The third kappa shape index (κ3) is 3.46. The van der Waals surface area contributed by atoms with Gasteiger partial charge in [0.2, 0.25) is 0 Å². The predicted octanol–water partition coefficient (Wildman–Crippen LogP) is 2.97. The van der Waals surface area contributed by atoms with Crippen LogP contribution in [0, 0.1) is 11.3 Å². The van der Waals surface area contributed by atoms with Gasteiger partial charge in [-0.1, -0.05) is 26.2 Å². The van der Waals surface area contributed by atoms with Gasteiger partial charge in [-0.25, -0.2) is 0 Å². The van der Waals surface area contributed by atoms with E-state index < -0.39 is 0 Å². The van der Waals surface area contributed by atoms with Crippen LogP contribution in [0.4, 0.5) is 0 Å². The first-order valence-electron chi connectivity index (χ1n) is 6.96. The zero-order valence-electron chi connectivity index (χ0n) is 10.9. The third-order valence-corrected chi connectivity index (χ3v) is 4.39. The van der Waals surface area contributed by atoms with E-state index in [1.54, 1.807) is 0 Å². The van der Waals surface area contributed by atoms with Crippen molar-refractivity contribution in [1.29, 1.82) is 0 Å². The molecule has 2 aliphatic carbocycles. The molecule has 2 fully saturated rings. The van der Waals surface area contributed by atoms with Gasteiger partial charge in [0.05, 0.1) is 6.61 Å². The molecule has 2 rings (SSSR count). The summed E-state index contributed by atoms with van der Waals surface area (Å²) in [5, 5.41) is 3.77. The van der Waals surface area contributed by atoms with Gasteiger partial charge in [-0.2, -0.15) is 0 Å². The zero-order chi connectivity index (χ0) is 11.4. The number of rotatable bonds is 6. The Kier molecular flexibility index (Phi) is 4.26. The molecule has 1 atom stereocenters. The van der Waals surface area contributed by atoms with Gasteiger partial charge in [-0.05, 0) is 37.0 Å². The molecule has 0 amide bonds. The highest BCUT2D eigenvalue weighted by Crippen LogP contribution is 2.37. The van der Waals surface area contributed by atoms with E-state index in [9.17, 15) is 0 Å². The van der Waals surface area contributed by atoms with Crippen LogP contribution in [0.25, 0.3) is 0 Å². The molecule has 1 N–H and O–H groups in total. The molecule has 0 spiro atoms. The van der Waals surface area contributed by atoms with Crippen molar-refractivity contribution in [2.45, 2.75) is 57.9 Å². The number of nitrogens with one attached hydrogen (secondary N) is 1.